The molecule has 3 nitrogen and oxygen atoms in total. The van der Waals surface area contributed by atoms with Gasteiger partial charge in [-0.05, 0) is 22.0 Å². The Labute approximate surface area is 146 Å². The number of hydrogen-bond donors (Lipinski definition) is 0. The summed E-state index contributed by atoms with van der Waals surface area (Å²) in [6.45, 7) is 15.0. The van der Waals surface area contributed by atoms with Crippen molar-refractivity contribution in [3.05, 3.63) is 47.8 Å². The normalized spacial score (nSPS) is 28.6. The van der Waals surface area contributed by atoms with Crippen LogP contribution in [-0.4, -0.2) is 27.7 Å². The van der Waals surface area contributed by atoms with Crippen LogP contribution in [0, 0.1) is 10.8 Å². The molecule has 0 amide bonds. The van der Waals surface area contributed by atoms with E-state index >= 15 is 0 Å². The molecule has 3 atom stereocenters. The van der Waals surface area contributed by atoms with Crippen LogP contribution in [-0.2, 0) is 6.54 Å². The van der Waals surface area contributed by atoms with Crippen molar-refractivity contribution in [3.63, 3.8) is 0 Å². The molecule has 3 aliphatic heterocycles. The van der Waals surface area contributed by atoms with Gasteiger partial charge in [-0.25, -0.2) is 0 Å². The average molecular weight is 323 g/mol. The Morgan fingerprint density at radius 1 is 0.958 bits per heavy atom. The van der Waals surface area contributed by atoms with Crippen LogP contribution >= 0.6 is 0 Å². The van der Waals surface area contributed by atoms with Crippen LogP contribution in [0.15, 0.2) is 41.7 Å². The number of fused-ring (bicyclic) bond motifs is 5. The maximum absolute atomic E-state index is 5.32. The van der Waals surface area contributed by atoms with E-state index in [9.17, 15) is 0 Å². The first-order chi connectivity index (χ1) is 11.2. The first-order valence-corrected chi connectivity index (χ1v) is 9.06. The summed E-state index contributed by atoms with van der Waals surface area (Å²) in [5, 5.41) is 0. The fraction of sp³-hybridized carbons (Fsp3) is 0.571. The zero-order chi connectivity index (χ0) is 17.3. The standard InChI is InChI=1S/C21H29N3/c1-20(2,3)17-18(21(4,5)6)24-12-11-23-13-14-9-7-8-10-15(14)16(23)19(24)22-17/h7-12,16-18H,13H2,1-6H3. The lowest BCUT2D eigenvalue weighted by atomic mass is 9.73. The Balaban J connectivity index is 1.83. The molecule has 0 aromatic heterocycles. The Hall–Kier alpha value is -1.77. The van der Waals surface area contributed by atoms with Gasteiger partial charge in [-0.15, -0.1) is 0 Å². The molecule has 0 saturated carbocycles. The number of aliphatic imine (C=N–C) groups is 1. The van der Waals surface area contributed by atoms with Gasteiger partial charge in [0.2, 0.25) is 0 Å². The summed E-state index contributed by atoms with van der Waals surface area (Å²) >= 11 is 0. The highest BCUT2D eigenvalue weighted by Gasteiger charge is 2.51. The van der Waals surface area contributed by atoms with Gasteiger partial charge in [0.1, 0.15) is 11.9 Å². The Morgan fingerprint density at radius 3 is 2.33 bits per heavy atom. The highest BCUT2D eigenvalue weighted by atomic mass is 15.4. The van der Waals surface area contributed by atoms with E-state index in [4.69, 9.17) is 4.99 Å². The smallest absolute Gasteiger partial charge is 0.131 e. The van der Waals surface area contributed by atoms with E-state index in [0.717, 1.165) is 6.54 Å². The molecule has 1 aromatic carbocycles. The van der Waals surface area contributed by atoms with Gasteiger partial charge in [-0.3, -0.25) is 4.99 Å². The molecule has 0 N–H and O–H groups in total. The van der Waals surface area contributed by atoms with Crippen molar-refractivity contribution in [1.82, 2.24) is 9.80 Å². The zero-order valence-electron chi connectivity index (χ0n) is 15.7. The van der Waals surface area contributed by atoms with E-state index in [-0.39, 0.29) is 16.9 Å². The van der Waals surface area contributed by atoms with Crippen LogP contribution in [0.25, 0.3) is 0 Å². The molecule has 4 rings (SSSR count). The summed E-state index contributed by atoms with van der Waals surface area (Å²) in [7, 11) is 0. The van der Waals surface area contributed by atoms with E-state index in [2.05, 4.69) is 88.0 Å². The van der Waals surface area contributed by atoms with Gasteiger partial charge in [0.25, 0.3) is 0 Å². The molecule has 3 aliphatic rings. The van der Waals surface area contributed by atoms with Gasteiger partial charge in [0.15, 0.2) is 0 Å². The quantitative estimate of drug-likeness (QED) is 0.696. The third-order valence-electron chi connectivity index (χ3n) is 5.61. The summed E-state index contributed by atoms with van der Waals surface area (Å²) in [4.78, 5) is 10.2. The molecular formula is C21H29N3. The second-order valence-corrected chi connectivity index (χ2v) is 9.59. The largest absolute Gasteiger partial charge is 0.358 e. The third-order valence-corrected chi connectivity index (χ3v) is 5.61. The fourth-order valence-electron chi connectivity index (χ4n) is 4.51. The number of hydrogen-bond acceptors (Lipinski definition) is 3. The topological polar surface area (TPSA) is 18.8 Å². The van der Waals surface area contributed by atoms with Gasteiger partial charge in [0.05, 0.1) is 12.1 Å². The first-order valence-electron chi connectivity index (χ1n) is 9.06. The average Bonchev–Trinajstić information content (AvgIpc) is 3.03. The van der Waals surface area contributed by atoms with Crippen molar-refractivity contribution in [2.75, 3.05) is 0 Å². The van der Waals surface area contributed by atoms with E-state index in [1.807, 2.05) is 0 Å². The molecule has 0 fully saturated rings. The summed E-state index contributed by atoms with van der Waals surface area (Å²) < 4.78 is 0. The van der Waals surface area contributed by atoms with Crippen molar-refractivity contribution < 1.29 is 0 Å². The molecule has 1 aromatic rings. The lowest BCUT2D eigenvalue weighted by molar-refractivity contribution is 0.131. The maximum atomic E-state index is 5.32. The fourth-order valence-corrected chi connectivity index (χ4v) is 4.51. The van der Waals surface area contributed by atoms with E-state index in [1.54, 1.807) is 0 Å². The minimum Gasteiger partial charge on any atom is -0.358 e. The summed E-state index contributed by atoms with van der Waals surface area (Å²) in [6.07, 6.45) is 4.54. The van der Waals surface area contributed by atoms with E-state index in [0.29, 0.717) is 12.1 Å². The molecule has 3 unspecified atom stereocenters. The predicted molar refractivity (Wildman–Crippen MR) is 99.6 cm³/mol. The van der Waals surface area contributed by atoms with Gasteiger partial charge in [-0.2, -0.15) is 0 Å². The van der Waals surface area contributed by atoms with Crippen molar-refractivity contribution in [3.8, 4) is 0 Å². The Bertz CT molecular complexity index is 717. The van der Waals surface area contributed by atoms with Gasteiger partial charge in [-0.1, -0.05) is 65.8 Å². The molecule has 3 heterocycles. The summed E-state index contributed by atoms with van der Waals surface area (Å²) in [5.74, 6) is 1.24. The number of benzene rings is 1. The molecule has 0 bridgehead atoms. The minimum absolute atomic E-state index is 0.152. The molecule has 0 spiro atoms. The van der Waals surface area contributed by atoms with Crippen molar-refractivity contribution >= 4 is 5.84 Å². The predicted octanol–water partition coefficient (Wildman–Crippen LogP) is 4.57. The van der Waals surface area contributed by atoms with E-state index < -0.39 is 0 Å². The molecule has 128 valence electrons. The van der Waals surface area contributed by atoms with Crippen molar-refractivity contribution in [1.29, 1.82) is 0 Å². The number of amidine groups is 1. The second kappa shape index (κ2) is 4.87. The van der Waals surface area contributed by atoms with Crippen LogP contribution < -0.4 is 0 Å². The molecule has 24 heavy (non-hydrogen) atoms. The molecule has 3 heteroatoms. The maximum Gasteiger partial charge on any atom is 0.131 e. The summed E-state index contributed by atoms with van der Waals surface area (Å²) in [5.41, 5.74) is 3.18. The van der Waals surface area contributed by atoms with E-state index in [1.165, 1.54) is 17.0 Å². The van der Waals surface area contributed by atoms with Gasteiger partial charge < -0.3 is 9.80 Å². The van der Waals surface area contributed by atoms with Crippen LogP contribution in [0.4, 0.5) is 0 Å². The van der Waals surface area contributed by atoms with Gasteiger partial charge in [0, 0.05) is 18.9 Å². The van der Waals surface area contributed by atoms with Crippen LogP contribution in [0.3, 0.4) is 0 Å². The molecule has 0 radical (unpaired) electrons. The van der Waals surface area contributed by atoms with Crippen LogP contribution in [0.1, 0.15) is 58.7 Å². The highest BCUT2D eigenvalue weighted by molar-refractivity contribution is 5.93. The Kier molecular flexibility index (Phi) is 3.20. The van der Waals surface area contributed by atoms with Gasteiger partial charge >= 0.3 is 0 Å². The molecule has 0 aliphatic carbocycles. The second-order valence-electron chi connectivity index (χ2n) is 9.59. The number of rotatable bonds is 0. The molecular weight excluding hydrogens is 294 g/mol. The first kappa shape index (κ1) is 15.7. The number of nitrogens with zero attached hydrogens (tertiary/aromatic N) is 3. The van der Waals surface area contributed by atoms with Crippen LogP contribution in [0.2, 0.25) is 0 Å². The van der Waals surface area contributed by atoms with Crippen LogP contribution in [0.5, 0.6) is 0 Å². The Morgan fingerprint density at radius 2 is 1.67 bits per heavy atom. The molecule has 0 saturated heterocycles. The minimum atomic E-state index is 0.152. The monoisotopic (exact) mass is 323 g/mol. The zero-order valence-corrected chi connectivity index (χ0v) is 15.7. The SMILES string of the molecule is CC(C)(C)C1N=C2C3c4ccccc4CN3C=CN2C1C(C)(C)C. The summed E-state index contributed by atoms with van der Waals surface area (Å²) in [6, 6.07) is 9.82. The highest BCUT2D eigenvalue weighted by Crippen LogP contribution is 2.47. The lowest BCUT2D eigenvalue weighted by Crippen LogP contribution is -2.51. The lowest BCUT2D eigenvalue weighted by Gasteiger charge is -2.44. The van der Waals surface area contributed by atoms with Crippen molar-refractivity contribution in [2.24, 2.45) is 15.8 Å². The third kappa shape index (κ3) is 2.21. The van der Waals surface area contributed by atoms with Crippen molar-refractivity contribution in [2.45, 2.75) is 66.2 Å².